The molecule has 2 aliphatic rings. The lowest BCUT2D eigenvalue weighted by Gasteiger charge is -2.31. The number of nitrogens with zero attached hydrogens (tertiary/aromatic N) is 6. The maximum atomic E-state index is 13.7. The summed E-state index contributed by atoms with van der Waals surface area (Å²) in [6, 6.07) is 15.9. The predicted molar refractivity (Wildman–Crippen MR) is 232 cm³/mol. The lowest BCUT2D eigenvalue weighted by atomic mass is 9.90. The minimum atomic E-state index is -4.66. The fraction of sp³-hybridized carbons (Fsp3) is 0.500. The second-order valence-electron chi connectivity index (χ2n) is 15.2. The largest absolute Gasteiger partial charge is 0.417 e. The van der Waals surface area contributed by atoms with Gasteiger partial charge in [-0.3, -0.25) is 19.3 Å². The van der Waals surface area contributed by atoms with Crippen LogP contribution in [0.1, 0.15) is 88.8 Å². The van der Waals surface area contributed by atoms with E-state index in [0.29, 0.717) is 83.5 Å². The molecule has 2 amide bonds. The summed E-state index contributed by atoms with van der Waals surface area (Å²) >= 11 is 5.74. The van der Waals surface area contributed by atoms with Crippen molar-refractivity contribution in [2.75, 3.05) is 82.6 Å². The third kappa shape index (κ3) is 16.0. The van der Waals surface area contributed by atoms with E-state index in [1.54, 1.807) is 18.2 Å². The molecule has 2 fully saturated rings. The molecule has 62 heavy (non-hydrogen) atoms. The highest BCUT2D eigenvalue weighted by Gasteiger charge is 2.33. The summed E-state index contributed by atoms with van der Waals surface area (Å²) in [5, 5.41) is 9.74. The Kier molecular flexibility index (Phi) is 19.5. The normalized spacial score (nSPS) is 15.1. The van der Waals surface area contributed by atoms with E-state index in [9.17, 15) is 27.6 Å². The Morgan fingerprint density at radius 2 is 1.60 bits per heavy atom. The summed E-state index contributed by atoms with van der Waals surface area (Å²) in [7, 11) is 0. The van der Waals surface area contributed by atoms with Gasteiger partial charge in [-0.15, -0.1) is 0 Å². The molecule has 3 aromatic carbocycles. The monoisotopic (exact) mass is 882 g/mol. The molecule has 0 aromatic heterocycles. The van der Waals surface area contributed by atoms with Crippen LogP contribution in [0.25, 0.3) is 10.4 Å². The molecule has 14 nitrogen and oxygen atoms in total. The first-order chi connectivity index (χ1) is 30.0. The molecule has 2 heterocycles. The maximum absolute atomic E-state index is 13.7. The first-order valence-electron chi connectivity index (χ1n) is 21.0. The van der Waals surface area contributed by atoms with Crippen molar-refractivity contribution >= 4 is 46.8 Å². The Labute approximate surface area is 364 Å². The number of rotatable bonds is 23. The second kappa shape index (κ2) is 25.2. The number of nitrogens with one attached hydrogen (secondary N) is 2. The van der Waals surface area contributed by atoms with Crippen molar-refractivity contribution in [2.24, 2.45) is 16.1 Å². The van der Waals surface area contributed by atoms with Crippen molar-refractivity contribution in [1.29, 1.82) is 0 Å². The summed E-state index contributed by atoms with van der Waals surface area (Å²) < 4.78 is 56.4. The number of piperidine rings is 2. The molecule has 0 bridgehead atoms. The maximum Gasteiger partial charge on any atom is 0.417 e. The zero-order valence-electron chi connectivity index (χ0n) is 34.7. The van der Waals surface area contributed by atoms with Gasteiger partial charge in [0.2, 0.25) is 0 Å². The molecule has 2 aliphatic heterocycles. The fourth-order valence-electron chi connectivity index (χ4n) is 7.34. The standard InChI is InChI=1S/C44H54ClF3N8O6/c45-40-11-9-33(28-39(40)44(46,47)48)30-51-53-43(59)38-29-36(56-16-2-1-3-17-56)10-12-41(38)52-42(58)35-7-4-6-34(26-35)31-55-18-13-32(14-19-55)27-37(57)8-5-20-60-22-24-62-25-23-61-21-15-50-54-49/h4,6-7,9-12,26,28-30,32H,1-3,5,8,13-25,27,31H2,(H,52,58)(H,53,59)/b51-30+. The lowest BCUT2D eigenvalue weighted by molar-refractivity contribution is -0.137. The van der Waals surface area contributed by atoms with Gasteiger partial charge in [0.15, 0.2) is 0 Å². The molecular formula is C44H54ClF3N8O6. The van der Waals surface area contributed by atoms with E-state index < -0.39 is 28.6 Å². The number of benzene rings is 3. The van der Waals surface area contributed by atoms with Gasteiger partial charge >= 0.3 is 6.18 Å². The highest BCUT2D eigenvalue weighted by Crippen LogP contribution is 2.35. The van der Waals surface area contributed by atoms with Gasteiger partial charge in [0, 0.05) is 61.8 Å². The Hall–Kier alpha value is -5.03. The van der Waals surface area contributed by atoms with Crippen LogP contribution in [-0.2, 0) is 31.7 Å². The lowest BCUT2D eigenvalue weighted by Crippen LogP contribution is -2.34. The van der Waals surface area contributed by atoms with Crippen LogP contribution < -0.4 is 15.6 Å². The topological polar surface area (TPSA) is 171 Å². The molecular weight excluding hydrogens is 829 g/mol. The first kappa shape index (κ1) is 48.0. The third-order valence-electron chi connectivity index (χ3n) is 10.6. The van der Waals surface area contributed by atoms with Gasteiger partial charge in [0.1, 0.15) is 5.78 Å². The number of hydrazone groups is 1. The number of likely N-dealkylation sites (tertiary alicyclic amines) is 1. The predicted octanol–water partition coefficient (Wildman–Crippen LogP) is 8.68. The molecule has 334 valence electrons. The van der Waals surface area contributed by atoms with Gasteiger partial charge in [-0.25, -0.2) is 5.43 Å². The van der Waals surface area contributed by atoms with Crippen molar-refractivity contribution in [3.05, 3.63) is 104 Å². The van der Waals surface area contributed by atoms with E-state index in [2.05, 4.69) is 35.7 Å². The molecule has 5 rings (SSSR count). The van der Waals surface area contributed by atoms with Gasteiger partial charge < -0.3 is 24.4 Å². The van der Waals surface area contributed by atoms with Crippen LogP contribution in [-0.4, -0.2) is 101 Å². The van der Waals surface area contributed by atoms with E-state index in [-0.39, 0.29) is 22.6 Å². The van der Waals surface area contributed by atoms with Crippen LogP contribution >= 0.6 is 11.6 Å². The van der Waals surface area contributed by atoms with E-state index >= 15 is 0 Å². The van der Waals surface area contributed by atoms with Crippen LogP contribution in [0.3, 0.4) is 0 Å². The molecule has 0 spiro atoms. The molecule has 0 saturated carbocycles. The van der Waals surface area contributed by atoms with E-state index in [4.69, 9.17) is 31.3 Å². The summed E-state index contributed by atoms with van der Waals surface area (Å²) in [6.07, 6.45) is 3.11. The van der Waals surface area contributed by atoms with Gasteiger partial charge in [0.05, 0.1) is 61.1 Å². The van der Waals surface area contributed by atoms with Gasteiger partial charge in [-0.05, 0) is 117 Å². The zero-order chi connectivity index (χ0) is 44.2. The van der Waals surface area contributed by atoms with Crippen molar-refractivity contribution in [3.63, 3.8) is 0 Å². The number of carbonyl (C=O) groups is 3. The molecule has 2 N–H and O–H groups in total. The molecule has 0 unspecified atom stereocenters. The van der Waals surface area contributed by atoms with Crippen LogP contribution in [0, 0.1) is 5.92 Å². The Morgan fingerprint density at radius 1 is 0.871 bits per heavy atom. The molecule has 2 saturated heterocycles. The number of amides is 2. The fourth-order valence-corrected chi connectivity index (χ4v) is 7.57. The van der Waals surface area contributed by atoms with Gasteiger partial charge in [-0.2, -0.15) is 18.3 Å². The second-order valence-corrected chi connectivity index (χ2v) is 15.6. The van der Waals surface area contributed by atoms with Crippen molar-refractivity contribution < 1.29 is 41.8 Å². The minimum Gasteiger partial charge on any atom is -0.379 e. The SMILES string of the molecule is [N-]=[N+]=NCCOCCOCCOCCCC(=O)CC1CCN(Cc2cccc(C(=O)Nc3ccc(N4CCCCC4)cc3C(=O)N/N=C/c3ccc(Cl)c(C(F)(F)F)c3)c2)CC1. The summed E-state index contributed by atoms with van der Waals surface area (Å²) in [5.74, 6) is -0.479. The van der Waals surface area contributed by atoms with E-state index in [1.165, 1.54) is 6.07 Å². The Morgan fingerprint density at radius 3 is 2.32 bits per heavy atom. The van der Waals surface area contributed by atoms with Crippen LogP contribution in [0.2, 0.25) is 5.02 Å². The number of anilines is 2. The third-order valence-corrected chi connectivity index (χ3v) is 10.9. The van der Waals surface area contributed by atoms with Gasteiger partial charge in [-0.1, -0.05) is 34.9 Å². The van der Waals surface area contributed by atoms with Crippen LogP contribution in [0.4, 0.5) is 24.5 Å². The van der Waals surface area contributed by atoms with Gasteiger partial charge in [0.25, 0.3) is 11.8 Å². The zero-order valence-corrected chi connectivity index (χ0v) is 35.5. The molecule has 0 aliphatic carbocycles. The number of hydrogen-bond acceptors (Lipinski definition) is 10. The number of halogens is 4. The number of ether oxygens (including phenoxy) is 3. The highest BCUT2D eigenvalue weighted by atomic mass is 35.5. The average molecular weight is 883 g/mol. The number of hydrogen-bond donors (Lipinski definition) is 2. The summed E-state index contributed by atoms with van der Waals surface area (Å²) in [5.41, 5.74) is 12.3. The number of carbonyl (C=O) groups excluding carboxylic acids is 3. The van der Waals surface area contributed by atoms with Crippen LogP contribution in [0.5, 0.6) is 0 Å². The van der Waals surface area contributed by atoms with E-state index in [0.717, 1.165) is 87.9 Å². The minimum absolute atomic E-state index is 0.0886. The molecule has 3 aromatic rings. The van der Waals surface area contributed by atoms with Crippen molar-refractivity contribution in [1.82, 2.24) is 10.3 Å². The number of Topliss-reactive ketones (excluding diaryl/α,β-unsaturated/α-hetero) is 1. The molecule has 0 radical (unpaired) electrons. The van der Waals surface area contributed by atoms with Crippen molar-refractivity contribution in [3.8, 4) is 0 Å². The number of azide groups is 1. The quantitative estimate of drug-likeness (QED) is 0.0238. The number of alkyl halides is 3. The Bertz CT molecular complexity index is 2020. The molecule has 18 heteroatoms. The molecule has 0 atom stereocenters. The summed E-state index contributed by atoms with van der Waals surface area (Å²) in [6.45, 7) is 6.83. The van der Waals surface area contributed by atoms with Crippen LogP contribution in [0.15, 0.2) is 70.9 Å². The van der Waals surface area contributed by atoms with Crippen molar-refractivity contribution in [2.45, 2.75) is 64.1 Å². The Balaban J connectivity index is 1.08. The first-order valence-corrected chi connectivity index (χ1v) is 21.4. The van der Waals surface area contributed by atoms with E-state index in [1.807, 2.05) is 24.3 Å². The number of ketones is 1. The smallest absolute Gasteiger partial charge is 0.379 e. The highest BCUT2D eigenvalue weighted by molar-refractivity contribution is 6.31. The summed E-state index contributed by atoms with van der Waals surface area (Å²) in [4.78, 5) is 47.0. The average Bonchev–Trinajstić information content (AvgIpc) is 3.26.